The SMILES string of the molecule is CCOC(=O)C(C(N)=O)c1cn(-c2ccccc2)c(SSc2c(C(=O)c3ccc(OC)cc3)c(C(C(N)=O)C(=O)OCC)cn2-c2ccccc2)c1C(=O)c1ccc(OC)cc1. The molecule has 0 fully saturated rings. The zero-order valence-corrected chi connectivity index (χ0v) is 35.7. The fourth-order valence-electron chi connectivity index (χ4n) is 6.73. The van der Waals surface area contributed by atoms with E-state index in [-0.39, 0.29) is 56.6 Å². The van der Waals surface area contributed by atoms with Gasteiger partial charge in [-0.05, 0) is 108 Å². The second-order valence-electron chi connectivity index (χ2n) is 13.4. The molecule has 0 aliphatic heterocycles. The Hall–Kier alpha value is -7.04. The number of carbonyl (C=O) groups is 6. The van der Waals surface area contributed by atoms with E-state index in [4.69, 9.17) is 30.4 Å². The number of hydrogen-bond acceptors (Lipinski definition) is 12. The first kappa shape index (κ1) is 44.5. The van der Waals surface area contributed by atoms with Crippen LogP contribution in [0.2, 0.25) is 0 Å². The van der Waals surface area contributed by atoms with Crippen molar-refractivity contribution in [2.45, 2.75) is 35.7 Å². The number of amides is 2. The Morgan fingerprint density at radius 3 is 1.16 bits per heavy atom. The van der Waals surface area contributed by atoms with Crippen molar-refractivity contribution in [3.05, 3.63) is 155 Å². The van der Waals surface area contributed by atoms with Gasteiger partial charge in [0.15, 0.2) is 23.4 Å². The van der Waals surface area contributed by atoms with Crippen molar-refractivity contribution < 1.29 is 47.7 Å². The maximum absolute atomic E-state index is 14.9. The molecule has 62 heavy (non-hydrogen) atoms. The zero-order chi connectivity index (χ0) is 44.5. The van der Waals surface area contributed by atoms with Crippen LogP contribution in [0.3, 0.4) is 0 Å². The van der Waals surface area contributed by atoms with Crippen molar-refractivity contribution in [1.29, 1.82) is 0 Å². The highest BCUT2D eigenvalue weighted by Crippen LogP contribution is 2.48. The minimum Gasteiger partial charge on any atom is -0.497 e. The summed E-state index contributed by atoms with van der Waals surface area (Å²) in [6, 6.07) is 30.4. The number of ether oxygens (including phenoxy) is 4. The summed E-state index contributed by atoms with van der Waals surface area (Å²) in [5.41, 5.74) is 13.2. The Bertz CT molecular complexity index is 2430. The minimum atomic E-state index is -1.70. The molecule has 2 aromatic heterocycles. The van der Waals surface area contributed by atoms with E-state index in [1.165, 1.54) is 26.6 Å². The molecule has 0 aliphatic carbocycles. The monoisotopic (exact) mass is 874 g/mol. The van der Waals surface area contributed by atoms with Crippen LogP contribution in [0.15, 0.2) is 132 Å². The predicted molar refractivity (Wildman–Crippen MR) is 233 cm³/mol. The number of methoxy groups -OCH3 is 2. The summed E-state index contributed by atoms with van der Waals surface area (Å²) in [5, 5.41) is 0.462. The lowest BCUT2D eigenvalue weighted by Gasteiger charge is -2.16. The van der Waals surface area contributed by atoms with Crippen molar-refractivity contribution in [3.8, 4) is 22.9 Å². The highest BCUT2D eigenvalue weighted by Gasteiger charge is 2.39. The Morgan fingerprint density at radius 1 is 0.532 bits per heavy atom. The highest BCUT2D eigenvalue weighted by atomic mass is 33.1. The van der Waals surface area contributed by atoms with Gasteiger partial charge < -0.3 is 39.5 Å². The van der Waals surface area contributed by atoms with Gasteiger partial charge >= 0.3 is 11.9 Å². The number of para-hydroxylation sites is 2. The Balaban J connectivity index is 1.66. The molecule has 14 nitrogen and oxygen atoms in total. The van der Waals surface area contributed by atoms with Gasteiger partial charge in [-0.15, -0.1) is 0 Å². The molecule has 0 aliphatic rings. The Labute approximate surface area is 364 Å². The van der Waals surface area contributed by atoms with Gasteiger partial charge in [0, 0.05) is 46.0 Å². The number of carbonyl (C=O) groups excluding carboxylic acids is 6. The lowest BCUT2D eigenvalue weighted by atomic mass is 9.93. The van der Waals surface area contributed by atoms with Gasteiger partial charge in [-0.1, -0.05) is 36.4 Å². The number of nitrogens with zero attached hydrogens (tertiary/aromatic N) is 2. The van der Waals surface area contributed by atoms with Crippen LogP contribution in [0.5, 0.6) is 11.5 Å². The van der Waals surface area contributed by atoms with Gasteiger partial charge in [-0.25, -0.2) is 0 Å². The number of benzene rings is 4. The smallest absolute Gasteiger partial charge is 0.323 e. The first-order valence-corrected chi connectivity index (χ1v) is 21.3. The summed E-state index contributed by atoms with van der Waals surface area (Å²) in [4.78, 5) is 83.3. The molecule has 6 aromatic rings. The van der Waals surface area contributed by atoms with E-state index >= 15 is 0 Å². The molecule has 0 spiro atoms. The standard InChI is InChI=1S/C46H42N4O10S2/c1-5-59-45(55)37(41(47)53)33-25-49(29-13-9-7-10-14-29)43(35(33)39(51)27-17-21-31(57-3)22-18-27)61-62-44-36(40(52)28-19-23-32(58-4)24-20-28)34(38(42(48)54)46(56)60-6-2)26-50(44)30-15-11-8-12-16-30/h7-26,37-38H,5-6H2,1-4H3,(H2,47,53)(H2,48,54). The molecule has 2 atom stereocenters. The van der Waals surface area contributed by atoms with E-state index in [9.17, 15) is 28.8 Å². The molecule has 0 bridgehead atoms. The number of hydrogen-bond donors (Lipinski definition) is 2. The van der Waals surface area contributed by atoms with Crippen LogP contribution in [0.1, 0.15) is 68.7 Å². The fraction of sp³-hybridized carbons (Fsp3) is 0.174. The summed E-state index contributed by atoms with van der Waals surface area (Å²) < 4.78 is 24.5. The molecule has 0 saturated heterocycles. The number of esters is 2. The summed E-state index contributed by atoms with van der Waals surface area (Å²) in [6.07, 6.45) is 2.99. The molecule has 2 heterocycles. The van der Waals surface area contributed by atoms with E-state index in [0.717, 1.165) is 21.6 Å². The first-order chi connectivity index (χ1) is 29.9. The third-order valence-corrected chi connectivity index (χ3v) is 12.0. The van der Waals surface area contributed by atoms with E-state index in [1.807, 2.05) is 0 Å². The Kier molecular flexibility index (Phi) is 14.4. The zero-order valence-electron chi connectivity index (χ0n) is 34.1. The van der Waals surface area contributed by atoms with Crippen LogP contribution < -0.4 is 20.9 Å². The van der Waals surface area contributed by atoms with Gasteiger partial charge in [0.05, 0.1) is 38.6 Å². The Morgan fingerprint density at radius 2 is 0.871 bits per heavy atom. The molecular formula is C46H42N4O10S2. The van der Waals surface area contributed by atoms with Crippen LogP contribution >= 0.6 is 21.6 Å². The average Bonchev–Trinajstić information content (AvgIpc) is 3.84. The van der Waals surface area contributed by atoms with Crippen molar-refractivity contribution in [1.82, 2.24) is 9.13 Å². The normalized spacial score (nSPS) is 11.9. The summed E-state index contributed by atoms with van der Waals surface area (Å²) >= 11 is 0. The van der Waals surface area contributed by atoms with Gasteiger partial charge in [-0.3, -0.25) is 28.8 Å². The van der Waals surface area contributed by atoms with Crippen LogP contribution in [0, 0.1) is 0 Å². The van der Waals surface area contributed by atoms with E-state index < -0.39 is 47.2 Å². The molecule has 318 valence electrons. The molecule has 2 amide bonds. The van der Waals surface area contributed by atoms with Gasteiger partial charge in [0.1, 0.15) is 21.6 Å². The van der Waals surface area contributed by atoms with Gasteiger partial charge in [0.2, 0.25) is 11.8 Å². The largest absolute Gasteiger partial charge is 0.497 e. The van der Waals surface area contributed by atoms with E-state index in [0.29, 0.717) is 22.9 Å². The number of nitrogens with two attached hydrogens (primary N) is 2. The first-order valence-electron chi connectivity index (χ1n) is 19.2. The van der Waals surface area contributed by atoms with Crippen molar-refractivity contribution in [2.24, 2.45) is 11.5 Å². The second kappa shape index (κ2) is 20.0. The van der Waals surface area contributed by atoms with Crippen LogP contribution in [-0.2, 0) is 28.7 Å². The summed E-state index contributed by atoms with van der Waals surface area (Å²) in [7, 11) is 5.02. The van der Waals surface area contributed by atoms with Gasteiger partial charge in [-0.2, -0.15) is 0 Å². The molecule has 6 rings (SSSR count). The van der Waals surface area contributed by atoms with Crippen molar-refractivity contribution in [2.75, 3.05) is 27.4 Å². The lowest BCUT2D eigenvalue weighted by Crippen LogP contribution is -2.30. The average molecular weight is 875 g/mol. The molecule has 0 saturated carbocycles. The third-order valence-electron chi connectivity index (χ3n) is 9.64. The van der Waals surface area contributed by atoms with Crippen molar-refractivity contribution in [3.63, 3.8) is 0 Å². The van der Waals surface area contributed by atoms with Crippen LogP contribution in [0.25, 0.3) is 11.4 Å². The maximum atomic E-state index is 14.9. The third kappa shape index (κ3) is 9.31. The van der Waals surface area contributed by atoms with E-state index in [1.54, 1.807) is 132 Å². The predicted octanol–water partition coefficient (Wildman–Crippen LogP) is 6.81. The minimum absolute atomic E-state index is 0.0199. The molecule has 0 radical (unpaired) electrons. The molecular weight excluding hydrogens is 833 g/mol. The number of primary amides is 2. The summed E-state index contributed by atoms with van der Waals surface area (Å²) in [5.74, 6) is -7.57. The van der Waals surface area contributed by atoms with Crippen LogP contribution in [0.4, 0.5) is 0 Å². The number of aromatic nitrogens is 2. The quantitative estimate of drug-likeness (QED) is 0.0373. The highest BCUT2D eigenvalue weighted by molar-refractivity contribution is 8.76. The molecule has 16 heteroatoms. The fourth-order valence-corrected chi connectivity index (χ4v) is 9.41. The molecule has 2 unspecified atom stereocenters. The van der Waals surface area contributed by atoms with Crippen molar-refractivity contribution >= 4 is 56.9 Å². The lowest BCUT2D eigenvalue weighted by molar-refractivity contribution is -0.149. The van der Waals surface area contributed by atoms with E-state index in [2.05, 4.69) is 0 Å². The number of rotatable bonds is 19. The molecule has 4 aromatic carbocycles. The number of ketones is 2. The maximum Gasteiger partial charge on any atom is 0.323 e. The summed E-state index contributed by atoms with van der Waals surface area (Å²) in [6.45, 7) is 3.03. The van der Waals surface area contributed by atoms with Crippen LogP contribution in [-0.4, -0.2) is 71.9 Å². The second-order valence-corrected chi connectivity index (χ2v) is 15.5. The topological polar surface area (TPSA) is 201 Å². The molecule has 4 N–H and O–H groups in total. The van der Waals surface area contributed by atoms with Gasteiger partial charge in [0.25, 0.3) is 0 Å².